The van der Waals surface area contributed by atoms with Crippen molar-refractivity contribution < 1.29 is 32.0 Å². The Bertz CT molecular complexity index is 499. The fraction of sp³-hybridized carbons (Fsp3) is 0.250. The van der Waals surface area contributed by atoms with Crippen LogP contribution in [-0.2, 0) is 0 Å². The van der Waals surface area contributed by atoms with E-state index in [1.807, 2.05) is 0 Å². The lowest BCUT2D eigenvalue weighted by Gasteiger charge is -2.00. The molecule has 0 atom stereocenters. The van der Waals surface area contributed by atoms with Gasteiger partial charge >= 0.3 is 12.9 Å². The Labute approximate surface area is 109 Å². The first kappa shape index (κ1) is 17.6. The Hall–Kier alpha value is -2.42. The maximum atomic E-state index is 10.4. The van der Waals surface area contributed by atoms with Gasteiger partial charge in [-0.3, -0.25) is 10.1 Å². The fourth-order valence-corrected chi connectivity index (χ4v) is 0.970. The third-order valence-electron chi connectivity index (χ3n) is 1.61. The van der Waals surface area contributed by atoms with Gasteiger partial charge in [-0.2, -0.15) is 0 Å². The molecule has 0 radical (unpaired) electrons. The number of rotatable bonds is 4. The summed E-state index contributed by atoms with van der Waals surface area (Å²) >= 11 is 0. The number of ether oxygens (including phenoxy) is 1. The molecule has 0 heterocycles. The molecule has 0 unspecified atom stereocenters. The first-order valence-electron chi connectivity index (χ1n) is 4.93. The highest BCUT2D eigenvalue weighted by atomic mass is 19.5. The van der Waals surface area contributed by atoms with Crippen LogP contribution < -0.4 is 4.74 Å². The Balaban J connectivity index is 0.000000621. The van der Waals surface area contributed by atoms with Crippen LogP contribution in [-0.4, -0.2) is 30.5 Å². The van der Waals surface area contributed by atoms with Crippen molar-refractivity contribution in [3.05, 3.63) is 33.3 Å². The van der Waals surface area contributed by atoms with Crippen molar-refractivity contribution in [1.29, 1.82) is 5.39 Å². The van der Waals surface area contributed by atoms with Gasteiger partial charge < -0.3 is 27.1 Å². The molecule has 0 saturated heterocycles. The molecule has 0 spiro atoms. The lowest BCUT2D eigenvalue weighted by molar-refractivity contribution is -0.384. The van der Waals surface area contributed by atoms with Crippen LogP contribution in [0.2, 0.25) is 0 Å². The van der Waals surface area contributed by atoms with E-state index < -0.39 is 12.2 Å². The van der Waals surface area contributed by atoms with Crippen LogP contribution in [0.25, 0.3) is 4.98 Å². The predicted octanol–water partition coefficient (Wildman–Crippen LogP) is 2.75. The number of nitro benzene ring substituents is 1. The van der Waals surface area contributed by atoms with Crippen molar-refractivity contribution >= 4 is 18.6 Å². The molecule has 1 rings (SSSR count). The molecular formula is C8H8BF4N3O4. The largest absolute Gasteiger partial charge is 0.673 e. The van der Waals surface area contributed by atoms with Gasteiger partial charge in [0.25, 0.3) is 5.69 Å². The Morgan fingerprint density at radius 1 is 1.40 bits per heavy atom. The highest BCUT2D eigenvalue weighted by molar-refractivity contribution is 6.50. The summed E-state index contributed by atoms with van der Waals surface area (Å²) in [5.74, 6) is 0.0563. The van der Waals surface area contributed by atoms with Gasteiger partial charge in [0.05, 0.1) is 17.6 Å². The van der Waals surface area contributed by atoms with E-state index in [1.54, 1.807) is 0 Å². The van der Waals surface area contributed by atoms with Gasteiger partial charge in [-0.05, 0) is 0 Å². The van der Waals surface area contributed by atoms with Gasteiger partial charge in [0.2, 0.25) is 11.1 Å². The molecule has 20 heavy (non-hydrogen) atoms. The number of benzene rings is 1. The third-order valence-corrected chi connectivity index (χ3v) is 1.61. The molecule has 0 bridgehead atoms. The molecule has 0 aromatic heterocycles. The third kappa shape index (κ3) is 7.82. The zero-order valence-corrected chi connectivity index (χ0v) is 9.75. The number of diazo groups is 1. The van der Waals surface area contributed by atoms with Crippen molar-refractivity contribution in [1.82, 2.24) is 0 Å². The summed E-state index contributed by atoms with van der Waals surface area (Å²) in [6.07, 6.45) is 0. The lowest BCUT2D eigenvalue weighted by atomic mass is 10.2. The van der Waals surface area contributed by atoms with E-state index in [0.29, 0.717) is 0 Å². The smallest absolute Gasteiger partial charge is 0.483 e. The second-order valence-corrected chi connectivity index (χ2v) is 3.08. The highest BCUT2D eigenvalue weighted by Crippen LogP contribution is 2.31. The van der Waals surface area contributed by atoms with Crippen molar-refractivity contribution in [3.8, 4) is 5.75 Å². The zero-order valence-electron chi connectivity index (χ0n) is 9.75. The molecular weight excluding hydrogens is 289 g/mol. The molecule has 1 aromatic carbocycles. The summed E-state index contributed by atoms with van der Waals surface area (Å²) in [6.45, 7) is -0.253. The highest BCUT2D eigenvalue weighted by Gasteiger charge is 2.21. The van der Waals surface area contributed by atoms with Gasteiger partial charge in [0.1, 0.15) is 6.61 Å². The van der Waals surface area contributed by atoms with Gasteiger partial charge in [-0.15, -0.1) is 0 Å². The predicted molar refractivity (Wildman–Crippen MR) is 60.6 cm³/mol. The van der Waals surface area contributed by atoms with E-state index in [-0.39, 0.29) is 30.3 Å². The average molecular weight is 297 g/mol. The summed E-state index contributed by atoms with van der Waals surface area (Å²) in [5.41, 5.74) is -0.0932. The topological polar surface area (TPSA) is 101 Å². The lowest BCUT2D eigenvalue weighted by Crippen LogP contribution is -2.02. The van der Waals surface area contributed by atoms with Crippen LogP contribution in [0.1, 0.15) is 0 Å². The van der Waals surface area contributed by atoms with Gasteiger partial charge in [0, 0.05) is 12.1 Å². The van der Waals surface area contributed by atoms with E-state index in [4.69, 9.17) is 15.2 Å². The number of hydrogen-bond acceptors (Lipinski definition) is 5. The van der Waals surface area contributed by atoms with Crippen LogP contribution in [0.3, 0.4) is 0 Å². The maximum absolute atomic E-state index is 10.4. The summed E-state index contributed by atoms with van der Waals surface area (Å²) < 4.78 is 44.0. The van der Waals surface area contributed by atoms with E-state index in [9.17, 15) is 27.4 Å². The first-order chi connectivity index (χ1) is 9.19. The number of nitrogens with zero attached hydrogens (tertiary/aromatic N) is 3. The number of aliphatic hydroxyl groups excluding tert-OH is 1. The van der Waals surface area contributed by atoms with Crippen molar-refractivity contribution in [2.75, 3.05) is 13.2 Å². The van der Waals surface area contributed by atoms with Crippen LogP contribution >= 0.6 is 0 Å². The molecule has 110 valence electrons. The van der Waals surface area contributed by atoms with E-state index in [0.717, 1.165) is 6.07 Å². The first-order valence-corrected chi connectivity index (χ1v) is 4.93. The number of non-ortho nitro benzene ring substituents is 1. The van der Waals surface area contributed by atoms with E-state index >= 15 is 0 Å². The molecule has 0 aliphatic rings. The normalized spacial score (nSPS) is 10.0. The summed E-state index contributed by atoms with van der Waals surface area (Å²) in [7, 11) is -6.00. The molecule has 12 heteroatoms. The standard InChI is InChI=1S/C8H8N3O4.BF4/c9-10-7-2-1-6(11(13)14)5-8(7)15-4-3-12;2-1(3,4)5/h1-2,5,12H,3-4H2;/q+1;-1. The molecule has 1 aromatic rings. The molecule has 7 nitrogen and oxygen atoms in total. The molecule has 0 aliphatic heterocycles. The summed E-state index contributed by atoms with van der Waals surface area (Å²) in [5, 5.41) is 27.5. The molecule has 0 amide bonds. The van der Waals surface area contributed by atoms with E-state index in [2.05, 4.69) is 4.98 Å². The van der Waals surface area contributed by atoms with Crippen molar-refractivity contribution in [2.45, 2.75) is 0 Å². The number of hydrogen-bond donors (Lipinski definition) is 1. The summed E-state index contributed by atoms with van der Waals surface area (Å²) in [6, 6.07) is 3.58. The van der Waals surface area contributed by atoms with Crippen molar-refractivity contribution in [3.63, 3.8) is 0 Å². The minimum absolute atomic E-state index is 0.0241. The maximum Gasteiger partial charge on any atom is 0.673 e. The quantitative estimate of drug-likeness (QED) is 0.303. The number of halogens is 4. The van der Waals surface area contributed by atoms with Crippen LogP contribution in [0.5, 0.6) is 5.75 Å². The van der Waals surface area contributed by atoms with Crippen LogP contribution in [0, 0.1) is 15.5 Å². The van der Waals surface area contributed by atoms with Gasteiger partial charge in [-0.1, -0.05) is 0 Å². The molecule has 0 saturated carbocycles. The zero-order chi connectivity index (χ0) is 15.8. The Kier molecular flexibility index (Phi) is 6.94. The molecule has 0 fully saturated rings. The van der Waals surface area contributed by atoms with Crippen LogP contribution in [0.4, 0.5) is 28.6 Å². The van der Waals surface area contributed by atoms with Crippen molar-refractivity contribution in [2.24, 2.45) is 0 Å². The monoisotopic (exact) mass is 297 g/mol. The Morgan fingerprint density at radius 3 is 2.35 bits per heavy atom. The number of aliphatic hydroxyl groups is 1. The molecule has 0 aliphatic carbocycles. The summed E-state index contributed by atoms with van der Waals surface area (Å²) in [4.78, 5) is 12.7. The average Bonchev–Trinajstić information content (AvgIpc) is 2.33. The van der Waals surface area contributed by atoms with Gasteiger partial charge in [0.15, 0.2) is 4.98 Å². The second kappa shape index (κ2) is 7.90. The molecule has 1 N–H and O–H groups in total. The second-order valence-electron chi connectivity index (χ2n) is 3.08. The SMILES string of the molecule is F[B-](F)(F)F.N#[N+]c1ccc([N+](=O)[O-])cc1OCCO. The number of nitro groups is 1. The fourth-order valence-electron chi connectivity index (χ4n) is 0.970. The van der Waals surface area contributed by atoms with E-state index in [1.165, 1.54) is 12.1 Å². The minimum atomic E-state index is -6.00. The Morgan fingerprint density at radius 2 is 1.95 bits per heavy atom. The minimum Gasteiger partial charge on any atom is -0.483 e. The van der Waals surface area contributed by atoms with Crippen LogP contribution in [0.15, 0.2) is 18.2 Å². The van der Waals surface area contributed by atoms with Gasteiger partial charge in [-0.25, -0.2) is 0 Å².